The molecule has 2 aromatic rings. The second-order valence-electron chi connectivity index (χ2n) is 4.03. The molecule has 0 aliphatic rings. The standard InChI is InChI=1S/C14H11BrCl2N2OS/c1-18-14(20)19-9-6-11(16)13(12(17)7-9)21-10-4-2-8(15)3-5-10/h2-7H,1H3,(H2,18,19,20). The fourth-order valence-corrected chi connectivity index (χ4v) is 3.35. The molecule has 2 aromatic carbocycles. The van der Waals surface area contributed by atoms with Crippen LogP contribution in [0.5, 0.6) is 0 Å². The quantitative estimate of drug-likeness (QED) is 0.691. The number of anilines is 1. The first-order valence-corrected chi connectivity index (χ1v) is 8.27. The third kappa shape index (κ3) is 4.54. The van der Waals surface area contributed by atoms with Crippen LogP contribution in [0.3, 0.4) is 0 Å². The van der Waals surface area contributed by atoms with Crippen LogP contribution >= 0.6 is 50.9 Å². The summed E-state index contributed by atoms with van der Waals surface area (Å²) in [6, 6.07) is 10.9. The highest BCUT2D eigenvalue weighted by molar-refractivity contribution is 9.10. The minimum absolute atomic E-state index is 0.324. The molecule has 0 aromatic heterocycles. The van der Waals surface area contributed by atoms with E-state index in [-0.39, 0.29) is 6.03 Å². The lowest BCUT2D eigenvalue weighted by atomic mass is 10.3. The first-order valence-electron chi connectivity index (χ1n) is 5.91. The van der Waals surface area contributed by atoms with Crippen molar-refractivity contribution in [1.82, 2.24) is 5.32 Å². The molecule has 0 aliphatic heterocycles. The summed E-state index contributed by atoms with van der Waals surface area (Å²) in [5.41, 5.74) is 0.546. The second kappa shape index (κ2) is 7.40. The Bertz CT molecular complexity index is 642. The highest BCUT2D eigenvalue weighted by Crippen LogP contribution is 2.40. The van der Waals surface area contributed by atoms with Gasteiger partial charge in [0.25, 0.3) is 0 Å². The zero-order valence-corrected chi connectivity index (χ0v) is 14.8. The highest BCUT2D eigenvalue weighted by Gasteiger charge is 2.11. The van der Waals surface area contributed by atoms with Crippen LogP contribution in [-0.4, -0.2) is 13.1 Å². The van der Waals surface area contributed by atoms with Crippen molar-refractivity contribution >= 4 is 62.6 Å². The van der Waals surface area contributed by atoms with Crippen LogP contribution in [0, 0.1) is 0 Å². The van der Waals surface area contributed by atoms with Crippen LogP contribution in [-0.2, 0) is 0 Å². The van der Waals surface area contributed by atoms with Crippen molar-refractivity contribution in [3.05, 3.63) is 50.9 Å². The zero-order chi connectivity index (χ0) is 15.4. The molecule has 2 N–H and O–H groups in total. The number of carbonyl (C=O) groups is 1. The van der Waals surface area contributed by atoms with E-state index >= 15 is 0 Å². The Balaban J connectivity index is 2.24. The number of nitrogens with one attached hydrogen (secondary N) is 2. The van der Waals surface area contributed by atoms with Crippen molar-refractivity contribution in [2.45, 2.75) is 9.79 Å². The molecule has 0 saturated carbocycles. The summed E-state index contributed by atoms with van der Waals surface area (Å²) in [6.45, 7) is 0. The van der Waals surface area contributed by atoms with E-state index in [1.54, 1.807) is 12.1 Å². The lowest BCUT2D eigenvalue weighted by molar-refractivity contribution is 0.254. The smallest absolute Gasteiger partial charge is 0.318 e. The van der Waals surface area contributed by atoms with Gasteiger partial charge in [0, 0.05) is 27.0 Å². The monoisotopic (exact) mass is 404 g/mol. The lowest BCUT2D eigenvalue weighted by Gasteiger charge is -2.10. The molecule has 0 unspecified atom stereocenters. The van der Waals surface area contributed by atoms with Gasteiger partial charge in [-0.05, 0) is 36.4 Å². The first kappa shape index (κ1) is 16.5. The van der Waals surface area contributed by atoms with Crippen LogP contribution in [0.25, 0.3) is 0 Å². The maximum atomic E-state index is 11.3. The number of rotatable bonds is 3. The maximum Gasteiger partial charge on any atom is 0.318 e. The molecule has 0 aliphatic carbocycles. The molecule has 7 heteroatoms. The molecule has 0 spiro atoms. The van der Waals surface area contributed by atoms with E-state index in [0.29, 0.717) is 15.7 Å². The van der Waals surface area contributed by atoms with E-state index in [0.717, 1.165) is 14.3 Å². The number of urea groups is 1. The Morgan fingerprint density at radius 3 is 2.24 bits per heavy atom. The Kier molecular flexibility index (Phi) is 5.81. The van der Waals surface area contributed by atoms with Gasteiger partial charge >= 0.3 is 6.03 Å². The largest absolute Gasteiger partial charge is 0.341 e. The molecule has 2 amide bonds. The number of benzene rings is 2. The average Bonchev–Trinajstić information content (AvgIpc) is 2.44. The zero-order valence-electron chi connectivity index (χ0n) is 10.9. The van der Waals surface area contributed by atoms with Gasteiger partial charge in [-0.25, -0.2) is 4.79 Å². The number of amides is 2. The summed E-state index contributed by atoms with van der Waals surface area (Å²) in [7, 11) is 1.54. The third-order valence-corrected chi connectivity index (χ3v) is 5.02. The van der Waals surface area contributed by atoms with E-state index in [2.05, 4.69) is 26.6 Å². The van der Waals surface area contributed by atoms with Crippen molar-refractivity contribution in [2.75, 3.05) is 12.4 Å². The Hall–Kier alpha value is -0.880. The Labute approximate surface area is 145 Å². The van der Waals surface area contributed by atoms with Gasteiger partial charge in [0.2, 0.25) is 0 Å². The van der Waals surface area contributed by atoms with Gasteiger partial charge in [0.1, 0.15) is 0 Å². The number of carbonyl (C=O) groups excluding carboxylic acids is 1. The molecular weight excluding hydrogens is 395 g/mol. The van der Waals surface area contributed by atoms with Gasteiger partial charge in [0.05, 0.1) is 10.0 Å². The van der Waals surface area contributed by atoms with E-state index in [1.165, 1.54) is 18.8 Å². The van der Waals surface area contributed by atoms with Gasteiger partial charge in [-0.1, -0.05) is 50.9 Å². The number of hydrogen-bond acceptors (Lipinski definition) is 2. The van der Waals surface area contributed by atoms with Crippen molar-refractivity contribution in [2.24, 2.45) is 0 Å². The van der Waals surface area contributed by atoms with Gasteiger partial charge in [-0.3, -0.25) is 0 Å². The Morgan fingerprint density at radius 1 is 1.14 bits per heavy atom. The first-order chi connectivity index (χ1) is 9.99. The number of halogens is 3. The normalized spacial score (nSPS) is 10.3. The second-order valence-corrected chi connectivity index (χ2v) is 6.84. The van der Waals surface area contributed by atoms with E-state index < -0.39 is 0 Å². The van der Waals surface area contributed by atoms with E-state index in [9.17, 15) is 4.79 Å². The van der Waals surface area contributed by atoms with Crippen LogP contribution in [0.4, 0.5) is 10.5 Å². The molecule has 0 saturated heterocycles. The van der Waals surface area contributed by atoms with Crippen molar-refractivity contribution in [1.29, 1.82) is 0 Å². The van der Waals surface area contributed by atoms with Crippen LogP contribution < -0.4 is 10.6 Å². The summed E-state index contributed by atoms with van der Waals surface area (Å²) in [5, 5.41) is 6.08. The van der Waals surface area contributed by atoms with E-state index in [4.69, 9.17) is 23.2 Å². The molecule has 0 bridgehead atoms. The van der Waals surface area contributed by atoms with Gasteiger partial charge < -0.3 is 10.6 Å². The Morgan fingerprint density at radius 2 is 1.71 bits per heavy atom. The summed E-state index contributed by atoms with van der Waals surface area (Å²) in [6.07, 6.45) is 0. The molecule has 0 radical (unpaired) electrons. The summed E-state index contributed by atoms with van der Waals surface area (Å²) in [5.74, 6) is 0. The maximum absolute atomic E-state index is 11.3. The molecule has 2 rings (SSSR count). The highest BCUT2D eigenvalue weighted by atomic mass is 79.9. The number of hydrogen-bond donors (Lipinski definition) is 2. The minimum Gasteiger partial charge on any atom is -0.341 e. The molecule has 0 atom stereocenters. The average molecular weight is 406 g/mol. The van der Waals surface area contributed by atoms with Gasteiger partial charge in [-0.2, -0.15) is 0 Å². The van der Waals surface area contributed by atoms with Crippen molar-refractivity contribution in [3.63, 3.8) is 0 Å². The fourth-order valence-electron chi connectivity index (χ4n) is 1.54. The van der Waals surface area contributed by atoms with Crippen LogP contribution in [0.1, 0.15) is 0 Å². The van der Waals surface area contributed by atoms with Crippen LogP contribution in [0.2, 0.25) is 10.0 Å². The molecule has 0 heterocycles. The summed E-state index contributed by atoms with van der Waals surface area (Å²) < 4.78 is 1.01. The van der Waals surface area contributed by atoms with Gasteiger partial charge in [0.15, 0.2) is 0 Å². The molecule has 3 nitrogen and oxygen atoms in total. The SMILES string of the molecule is CNC(=O)Nc1cc(Cl)c(Sc2ccc(Br)cc2)c(Cl)c1. The lowest BCUT2D eigenvalue weighted by Crippen LogP contribution is -2.24. The van der Waals surface area contributed by atoms with Crippen LogP contribution in [0.15, 0.2) is 50.7 Å². The molecular formula is C14H11BrCl2N2OS. The molecule has 110 valence electrons. The predicted octanol–water partition coefficient (Wildman–Crippen LogP) is 5.66. The topological polar surface area (TPSA) is 41.1 Å². The van der Waals surface area contributed by atoms with Gasteiger partial charge in [-0.15, -0.1) is 0 Å². The van der Waals surface area contributed by atoms with E-state index in [1.807, 2.05) is 24.3 Å². The fraction of sp³-hybridized carbons (Fsp3) is 0.0714. The molecule has 0 fully saturated rings. The predicted molar refractivity (Wildman–Crippen MR) is 92.8 cm³/mol. The summed E-state index contributed by atoms with van der Waals surface area (Å²) in [4.78, 5) is 13.1. The molecule has 21 heavy (non-hydrogen) atoms. The minimum atomic E-state index is -0.324. The van der Waals surface area contributed by atoms with Crippen molar-refractivity contribution < 1.29 is 4.79 Å². The summed E-state index contributed by atoms with van der Waals surface area (Å²) >= 11 is 17.4. The van der Waals surface area contributed by atoms with Crippen molar-refractivity contribution in [3.8, 4) is 0 Å². The third-order valence-electron chi connectivity index (χ3n) is 2.52.